The molecule has 0 fully saturated rings. The molecule has 64 valence electrons. The Morgan fingerprint density at radius 3 is 2.83 bits per heavy atom. The molecule has 12 heavy (non-hydrogen) atoms. The summed E-state index contributed by atoms with van der Waals surface area (Å²) in [4.78, 5) is 0. The van der Waals surface area contributed by atoms with E-state index in [0.717, 1.165) is 17.8 Å². The highest BCUT2D eigenvalue weighted by atomic mass is 14.9. The van der Waals surface area contributed by atoms with Crippen LogP contribution in [-0.2, 0) is 6.54 Å². The summed E-state index contributed by atoms with van der Waals surface area (Å²) in [5.74, 6) is 0. The Morgan fingerprint density at radius 2 is 2.17 bits per heavy atom. The van der Waals surface area contributed by atoms with Crippen molar-refractivity contribution in [1.82, 2.24) is 0 Å². The molecule has 0 aliphatic heterocycles. The molecule has 1 aromatic carbocycles. The SMILES string of the molecule is C=CCNc1ccccc1CN. The van der Waals surface area contributed by atoms with E-state index in [9.17, 15) is 0 Å². The van der Waals surface area contributed by atoms with E-state index in [1.54, 1.807) is 0 Å². The van der Waals surface area contributed by atoms with Crippen LogP contribution in [0.5, 0.6) is 0 Å². The molecule has 0 spiro atoms. The van der Waals surface area contributed by atoms with Gasteiger partial charge in [0.1, 0.15) is 0 Å². The van der Waals surface area contributed by atoms with Crippen LogP contribution in [0, 0.1) is 0 Å². The third-order valence-electron chi connectivity index (χ3n) is 1.67. The molecule has 1 aromatic rings. The fourth-order valence-electron chi connectivity index (χ4n) is 1.05. The number of para-hydroxylation sites is 1. The topological polar surface area (TPSA) is 38.0 Å². The van der Waals surface area contributed by atoms with Crippen LogP contribution < -0.4 is 11.1 Å². The molecule has 0 aliphatic carbocycles. The van der Waals surface area contributed by atoms with E-state index in [-0.39, 0.29) is 0 Å². The summed E-state index contributed by atoms with van der Waals surface area (Å²) in [5, 5.41) is 3.22. The third-order valence-corrected chi connectivity index (χ3v) is 1.67. The number of nitrogens with two attached hydrogens (primary N) is 1. The monoisotopic (exact) mass is 162 g/mol. The summed E-state index contributed by atoms with van der Waals surface area (Å²) in [5.41, 5.74) is 7.79. The summed E-state index contributed by atoms with van der Waals surface area (Å²) in [6, 6.07) is 8.02. The summed E-state index contributed by atoms with van der Waals surface area (Å²) < 4.78 is 0. The van der Waals surface area contributed by atoms with Gasteiger partial charge in [-0.1, -0.05) is 24.3 Å². The Kier molecular flexibility index (Phi) is 3.35. The van der Waals surface area contributed by atoms with Gasteiger partial charge in [0.2, 0.25) is 0 Å². The van der Waals surface area contributed by atoms with Gasteiger partial charge >= 0.3 is 0 Å². The van der Waals surface area contributed by atoms with Crippen LogP contribution in [0.4, 0.5) is 5.69 Å². The third kappa shape index (κ3) is 2.10. The van der Waals surface area contributed by atoms with Crippen LogP contribution in [0.2, 0.25) is 0 Å². The molecule has 3 N–H and O–H groups in total. The number of hydrogen-bond acceptors (Lipinski definition) is 2. The van der Waals surface area contributed by atoms with Gasteiger partial charge in [-0.15, -0.1) is 6.58 Å². The summed E-state index contributed by atoms with van der Waals surface area (Å²) in [7, 11) is 0. The average molecular weight is 162 g/mol. The smallest absolute Gasteiger partial charge is 0.0388 e. The summed E-state index contributed by atoms with van der Waals surface area (Å²) in [6.45, 7) is 4.98. The molecule has 0 aromatic heterocycles. The average Bonchev–Trinajstić information content (AvgIpc) is 2.15. The predicted octanol–water partition coefficient (Wildman–Crippen LogP) is 1.74. The molecule has 0 saturated carbocycles. The first-order valence-corrected chi connectivity index (χ1v) is 4.01. The van der Waals surface area contributed by atoms with Crippen molar-refractivity contribution < 1.29 is 0 Å². The minimum absolute atomic E-state index is 0.570. The second-order valence-electron chi connectivity index (χ2n) is 2.53. The Balaban J connectivity index is 2.74. The van der Waals surface area contributed by atoms with Crippen LogP contribution in [-0.4, -0.2) is 6.54 Å². The van der Waals surface area contributed by atoms with E-state index in [0.29, 0.717) is 6.54 Å². The van der Waals surface area contributed by atoms with Crippen molar-refractivity contribution >= 4 is 5.69 Å². The molecule has 2 heteroatoms. The lowest BCUT2D eigenvalue weighted by Gasteiger charge is -2.07. The van der Waals surface area contributed by atoms with Crippen molar-refractivity contribution in [2.24, 2.45) is 5.73 Å². The fraction of sp³-hybridized carbons (Fsp3) is 0.200. The number of anilines is 1. The van der Waals surface area contributed by atoms with Crippen LogP contribution in [0.3, 0.4) is 0 Å². The number of hydrogen-bond donors (Lipinski definition) is 2. The van der Waals surface area contributed by atoms with E-state index in [1.165, 1.54) is 0 Å². The first-order chi connectivity index (χ1) is 5.88. The zero-order valence-electron chi connectivity index (χ0n) is 7.09. The standard InChI is InChI=1S/C10H14N2/c1-2-7-12-10-6-4-3-5-9(10)8-11/h2-6,12H,1,7-8,11H2. The molecule has 0 saturated heterocycles. The van der Waals surface area contributed by atoms with E-state index in [2.05, 4.69) is 11.9 Å². The molecule has 0 heterocycles. The van der Waals surface area contributed by atoms with Gasteiger partial charge in [0, 0.05) is 18.8 Å². The van der Waals surface area contributed by atoms with E-state index in [4.69, 9.17) is 5.73 Å². The Bertz CT molecular complexity index is 256. The highest BCUT2D eigenvalue weighted by Crippen LogP contribution is 2.13. The quantitative estimate of drug-likeness (QED) is 0.662. The molecular formula is C10H14N2. The van der Waals surface area contributed by atoms with Crippen molar-refractivity contribution in [2.45, 2.75) is 6.54 Å². The molecule has 1 rings (SSSR count). The Labute approximate surface area is 73.1 Å². The van der Waals surface area contributed by atoms with Crippen LogP contribution in [0.15, 0.2) is 36.9 Å². The molecule has 2 nitrogen and oxygen atoms in total. The summed E-state index contributed by atoms with van der Waals surface area (Å²) >= 11 is 0. The molecule has 0 radical (unpaired) electrons. The van der Waals surface area contributed by atoms with E-state index < -0.39 is 0 Å². The molecule has 0 aliphatic rings. The Morgan fingerprint density at radius 1 is 1.42 bits per heavy atom. The molecule has 0 bridgehead atoms. The van der Waals surface area contributed by atoms with E-state index in [1.807, 2.05) is 30.3 Å². The molecule has 0 amide bonds. The van der Waals surface area contributed by atoms with Gasteiger partial charge < -0.3 is 11.1 Å². The van der Waals surface area contributed by atoms with Crippen molar-refractivity contribution in [3.05, 3.63) is 42.5 Å². The first kappa shape index (κ1) is 8.81. The predicted molar refractivity (Wildman–Crippen MR) is 53.0 cm³/mol. The normalized spacial score (nSPS) is 9.42. The van der Waals surface area contributed by atoms with Crippen LogP contribution >= 0.6 is 0 Å². The lowest BCUT2D eigenvalue weighted by atomic mass is 10.2. The van der Waals surface area contributed by atoms with Gasteiger partial charge in [-0.05, 0) is 11.6 Å². The lowest BCUT2D eigenvalue weighted by Crippen LogP contribution is -2.04. The maximum Gasteiger partial charge on any atom is 0.0388 e. The van der Waals surface area contributed by atoms with Gasteiger partial charge in [0.15, 0.2) is 0 Å². The maximum absolute atomic E-state index is 5.56. The molecule has 0 atom stereocenters. The maximum atomic E-state index is 5.56. The van der Waals surface area contributed by atoms with Crippen LogP contribution in [0.25, 0.3) is 0 Å². The zero-order chi connectivity index (χ0) is 8.81. The van der Waals surface area contributed by atoms with Gasteiger partial charge in [-0.2, -0.15) is 0 Å². The number of rotatable bonds is 4. The van der Waals surface area contributed by atoms with Gasteiger partial charge in [0.25, 0.3) is 0 Å². The zero-order valence-corrected chi connectivity index (χ0v) is 7.09. The summed E-state index contributed by atoms with van der Waals surface area (Å²) in [6.07, 6.45) is 1.83. The largest absolute Gasteiger partial charge is 0.381 e. The molecule has 0 unspecified atom stereocenters. The second kappa shape index (κ2) is 4.57. The highest BCUT2D eigenvalue weighted by Gasteiger charge is 1.95. The van der Waals surface area contributed by atoms with Gasteiger partial charge in [-0.25, -0.2) is 0 Å². The van der Waals surface area contributed by atoms with Crippen molar-refractivity contribution in [2.75, 3.05) is 11.9 Å². The fourth-order valence-corrected chi connectivity index (χ4v) is 1.05. The van der Waals surface area contributed by atoms with Crippen molar-refractivity contribution in [3.63, 3.8) is 0 Å². The minimum atomic E-state index is 0.570. The minimum Gasteiger partial charge on any atom is -0.381 e. The number of nitrogens with one attached hydrogen (secondary N) is 1. The molecular weight excluding hydrogens is 148 g/mol. The van der Waals surface area contributed by atoms with Gasteiger partial charge in [0.05, 0.1) is 0 Å². The van der Waals surface area contributed by atoms with E-state index >= 15 is 0 Å². The Hall–Kier alpha value is -1.28. The van der Waals surface area contributed by atoms with Crippen molar-refractivity contribution in [1.29, 1.82) is 0 Å². The van der Waals surface area contributed by atoms with Gasteiger partial charge in [-0.3, -0.25) is 0 Å². The number of benzene rings is 1. The van der Waals surface area contributed by atoms with Crippen LogP contribution in [0.1, 0.15) is 5.56 Å². The highest BCUT2D eigenvalue weighted by molar-refractivity contribution is 5.51. The second-order valence-corrected chi connectivity index (χ2v) is 2.53. The van der Waals surface area contributed by atoms with Crippen molar-refractivity contribution in [3.8, 4) is 0 Å². The first-order valence-electron chi connectivity index (χ1n) is 4.01. The lowest BCUT2D eigenvalue weighted by molar-refractivity contribution is 1.07.